The summed E-state index contributed by atoms with van der Waals surface area (Å²) < 4.78 is 10.4. The smallest absolute Gasteiger partial charge is 0.259 e. The van der Waals surface area contributed by atoms with Crippen molar-refractivity contribution >= 4 is 17.5 Å². The minimum atomic E-state index is 0.102. The van der Waals surface area contributed by atoms with E-state index in [0.717, 1.165) is 18.4 Å². The number of nitrogens with zero attached hydrogens (tertiary/aromatic N) is 5. The first-order valence-corrected chi connectivity index (χ1v) is 9.20. The second-order valence-corrected chi connectivity index (χ2v) is 6.86. The molecule has 1 aliphatic rings. The van der Waals surface area contributed by atoms with Gasteiger partial charge in [0.05, 0.1) is 5.56 Å². The number of likely N-dealkylation sites (tertiary alicyclic amines) is 1. The minimum Gasteiger partial charge on any atom is -0.360 e. The summed E-state index contributed by atoms with van der Waals surface area (Å²) in [7, 11) is 0. The molecule has 0 atom stereocenters. The Labute approximate surface area is 160 Å². The zero-order valence-electron chi connectivity index (χ0n) is 14.5. The third-order valence-corrected chi connectivity index (χ3v) is 4.86. The molecule has 1 saturated heterocycles. The van der Waals surface area contributed by atoms with E-state index in [4.69, 9.17) is 20.6 Å². The van der Waals surface area contributed by atoms with Crippen LogP contribution in [0.5, 0.6) is 0 Å². The Morgan fingerprint density at radius 3 is 2.81 bits per heavy atom. The Bertz CT molecular complexity index is 903. The van der Waals surface area contributed by atoms with Crippen LogP contribution in [0.25, 0.3) is 11.5 Å². The van der Waals surface area contributed by atoms with Crippen LogP contribution < -0.4 is 0 Å². The van der Waals surface area contributed by atoms with Gasteiger partial charge >= 0.3 is 0 Å². The zero-order valence-corrected chi connectivity index (χ0v) is 15.3. The standard InChI is InChI=1S/C18H18ClN5O3/c19-15-10-14(26-22-15)3-4-16(25)24-8-5-12(6-9-24)17-21-18(27-23-17)13-2-1-7-20-11-13/h1-2,7,10-12H,3-6,8-9H2. The topological polar surface area (TPSA) is 98.2 Å². The lowest BCUT2D eigenvalue weighted by atomic mass is 9.96. The van der Waals surface area contributed by atoms with E-state index in [0.29, 0.717) is 48.6 Å². The maximum atomic E-state index is 12.4. The second-order valence-electron chi connectivity index (χ2n) is 6.47. The Hall–Kier alpha value is -2.74. The normalized spacial score (nSPS) is 15.2. The van der Waals surface area contributed by atoms with Gasteiger partial charge in [-0.25, -0.2) is 0 Å². The summed E-state index contributed by atoms with van der Waals surface area (Å²) in [6, 6.07) is 5.35. The van der Waals surface area contributed by atoms with Gasteiger partial charge in [-0.2, -0.15) is 4.98 Å². The highest BCUT2D eigenvalue weighted by atomic mass is 35.5. The summed E-state index contributed by atoms with van der Waals surface area (Å²) in [6.45, 7) is 1.36. The van der Waals surface area contributed by atoms with Crippen LogP contribution in [0.4, 0.5) is 0 Å². The minimum absolute atomic E-state index is 0.102. The first-order chi connectivity index (χ1) is 13.2. The molecule has 4 rings (SSSR count). The van der Waals surface area contributed by atoms with Gasteiger partial charge in [-0.3, -0.25) is 9.78 Å². The van der Waals surface area contributed by atoms with E-state index in [2.05, 4.69) is 20.3 Å². The highest BCUT2D eigenvalue weighted by molar-refractivity contribution is 6.29. The fraction of sp³-hybridized carbons (Fsp3) is 0.389. The van der Waals surface area contributed by atoms with Gasteiger partial charge in [-0.05, 0) is 25.0 Å². The number of halogens is 1. The van der Waals surface area contributed by atoms with Gasteiger partial charge in [0.25, 0.3) is 5.89 Å². The van der Waals surface area contributed by atoms with Gasteiger partial charge in [-0.15, -0.1) is 0 Å². The van der Waals surface area contributed by atoms with Crippen LogP contribution in [-0.2, 0) is 11.2 Å². The summed E-state index contributed by atoms with van der Waals surface area (Å²) in [5.74, 6) is 2.08. The van der Waals surface area contributed by atoms with Gasteiger partial charge in [-0.1, -0.05) is 21.9 Å². The molecule has 4 heterocycles. The third kappa shape index (κ3) is 4.16. The van der Waals surface area contributed by atoms with Gasteiger partial charge in [0, 0.05) is 50.3 Å². The fourth-order valence-electron chi connectivity index (χ4n) is 3.19. The monoisotopic (exact) mass is 387 g/mol. The van der Waals surface area contributed by atoms with E-state index >= 15 is 0 Å². The molecule has 0 N–H and O–H groups in total. The number of hydrogen-bond donors (Lipinski definition) is 0. The number of amides is 1. The Balaban J connectivity index is 1.30. The molecule has 9 heteroatoms. The lowest BCUT2D eigenvalue weighted by Gasteiger charge is -2.30. The molecule has 140 valence electrons. The van der Waals surface area contributed by atoms with Crippen molar-refractivity contribution in [2.45, 2.75) is 31.6 Å². The van der Waals surface area contributed by atoms with Crippen LogP contribution in [0.3, 0.4) is 0 Å². The number of carbonyl (C=O) groups is 1. The van der Waals surface area contributed by atoms with Crippen LogP contribution in [0.15, 0.2) is 39.6 Å². The molecule has 0 spiro atoms. The molecule has 1 amide bonds. The molecule has 0 unspecified atom stereocenters. The predicted octanol–water partition coefficient (Wildman–Crippen LogP) is 3.11. The van der Waals surface area contributed by atoms with E-state index in [-0.39, 0.29) is 11.8 Å². The van der Waals surface area contributed by atoms with Crippen molar-refractivity contribution in [1.82, 2.24) is 25.2 Å². The average molecular weight is 388 g/mol. The van der Waals surface area contributed by atoms with Crippen molar-refractivity contribution in [3.8, 4) is 11.5 Å². The highest BCUT2D eigenvalue weighted by Gasteiger charge is 2.27. The van der Waals surface area contributed by atoms with Crippen molar-refractivity contribution in [2.24, 2.45) is 0 Å². The molecule has 8 nitrogen and oxygen atoms in total. The van der Waals surface area contributed by atoms with E-state index < -0.39 is 0 Å². The van der Waals surface area contributed by atoms with Crippen LogP contribution >= 0.6 is 11.6 Å². The second kappa shape index (κ2) is 7.87. The molecule has 0 bridgehead atoms. The van der Waals surface area contributed by atoms with Crippen LogP contribution in [-0.4, -0.2) is 44.2 Å². The average Bonchev–Trinajstić information content (AvgIpc) is 3.36. The summed E-state index contributed by atoms with van der Waals surface area (Å²) >= 11 is 5.72. The van der Waals surface area contributed by atoms with E-state index in [1.165, 1.54) is 0 Å². The Morgan fingerprint density at radius 2 is 2.11 bits per heavy atom. The molecule has 0 radical (unpaired) electrons. The number of hydrogen-bond acceptors (Lipinski definition) is 7. The molecular formula is C18H18ClN5O3. The van der Waals surface area contributed by atoms with E-state index in [1.54, 1.807) is 18.5 Å². The SMILES string of the molecule is O=C(CCc1cc(Cl)no1)N1CCC(c2noc(-c3cccnc3)n2)CC1. The quantitative estimate of drug-likeness (QED) is 0.663. The van der Waals surface area contributed by atoms with Crippen LogP contribution in [0.2, 0.25) is 5.15 Å². The predicted molar refractivity (Wildman–Crippen MR) is 95.9 cm³/mol. The molecule has 0 aliphatic carbocycles. The lowest BCUT2D eigenvalue weighted by Crippen LogP contribution is -2.38. The number of pyridine rings is 1. The molecule has 3 aromatic heterocycles. The molecular weight excluding hydrogens is 370 g/mol. The van der Waals surface area contributed by atoms with Crippen molar-refractivity contribution in [1.29, 1.82) is 0 Å². The Kier molecular flexibility index (Phi) is 5.15. The van der Waals surface area contributed by atoms with Gasteiger partial charge in [0.2, 0.25) is 5.91 Å². The number of aromatic nitrogens is 4. The molecule has 27 heavy (non-hydrogen) atoms. The first kappa shape index (κ1) is 17.7. The highest BCUT2D eigenvalue weighted by Crippen LogP contribution is 2.28. The van der Waals surface area contributed by atoms with Crippen molar-refractivity contribution in [3.05, 3.63) is 47.3 Å². The van der Waals surface area contributed by atoms with Gasteiger partial charge < -0.3 is 13.9 Å². The maximum absolute atomic E-state index is 12.4. The molecule has 1 fully saturated rings. The molecule has 1 aliphatic heterocycles. The summed E-state index contributed by atoms with van der Waals surface area (Å²) in [6.07, 6.45) is 5.89. The summed E-state index contributed by atoms with van der Waals surface area (Å²) in [4.78, 5) is 22.8. The van der Waals surface area contributed by atoms with Gasteiger partial charge in [0.15, 0.2) is 11.0 Å². The first-order valence-electron chi connectivity index (χ1n) is 8.82. The van der Waals surface area contributed by atoms with E-state index in [9.17, 15) is 4.79 Å². The third-order valence-electron chi connectivity index (χ3n) is 4.68. The van der Waals surface area contributed by atoms with Crippen molar-refractivity contribution in [2.75, 3.05) is 13.1 Å². The number of rotatable bonds is 5. The number of carbonyl (C=O) groups excluding carboxylic acids is 1. The molecule has 0 aromatic carbocycles. The zero-order chi connectivity index (χ0) is 18.6. The lowest BCUT2D eigenvalue weighted by molar-refractivity contribution is -0.132. The molecule has 0 saturated carbocycles. The molecule has 3 aromatic rings. The summed E-state index contributed by atoms with van der Waals surface area (Å²) in [5.41, 5.74) is 0.802. The Morgan fingerprint density at radius 1 is 1.26 bits per heavy atom. The van der Waals surface area contributed by atoms with Crippen LogP contribution in [0.1, 0.15) is 36.8 Å². The maximum Gasteiger partial charge on any atom is 0.259 e. The largest absolute Gasteiger partial charge is 0.360 e. The number of aryl methyl sites for hydroxylation is 1. The van der Waals surface area contributed by atoms with E-state index in [1.807, 2.05) is 17.0 Å². The van der Waals surface area contributed by atoms with Gasteiger partial charge in [0.1, 0.15) is 5.76 Å². The number of piperidine rings is 1. The fourth-order valence-corrected chi connectivity index (χ4v) is 3.34. The van der Waals surface area contributed by atoms with Crippen LogP contribution in [0, 0.1) is 0 Å². The van der Waals surface area contributed by atoms with Crippen molar-refractivity contribution in [3.63, 3.8) is 0 Å². The van der Waals surface area contributed by atoms with Crippen molar-refractivity contribution < 1.29 is 13.8 Å². The summed E-state index contributed by atoms with van der Waals surface area (Å²) in [5, 5.41) is 8.04.